The third-order valence-corrected chi connectivity index (χ3v) is 3.20. The lowest BCUT2D eigenvalue weighted by atomic mass is 10.2. The molecular weight excluding hydrogens is 378 g/mol. The molecule has 0 bridgehead atoms. The summed E-state index contributed by atoms with van der Waals surface area (Å²) in [6.07, 6.45) is -1.65. The molecule has 0 spiro atoms. The molecule has 1 N–H and O–H groups in total. The van der Waals surface area contributed by atoms with E-state index in [1.807, 2.05) is 0 Å². The van der Waals surface area contributed by atoms with Gasteiger partial charge in [0.15, 0.2) is 0 Å². The molecule has 9 nitrogen and oxygen atoms in total. The monoisotopic (exact) mass is 407 g/mol. The number of amides is 2. The number of carbonyl (C=O) groups excluding carboxylic acids is 3. The normalized spacial score (nSPS) is 12.1. The van der Waals surface area contributed by atoms with Gasteiger partial charge in [0.2, 0.25) is 5.96 Å². The third-order valence-electron chi connectivity index (χ3n) is 3.20. The van der Waals surface area contributed by atoms with E-state index in [0.29, 0.717) is 11.3 Å². The fourth-order valence-electron chi connectivity index (χ4n) is 2.01. The molecule has 0 heterocycles. The Balaban J connectivity index is 3.15. The van der Waals surface area contributed by atoms with Gasteiger partial charge in [0, 0.05) is 12.7 Å². The van der Waals surface area contributed by atoms with E-state index in [1.54, 1.807) is 72.9 Å². The van der Waals surface area contributed by atoms with E-state index in [9.17, 15) is 14.4 Å². The minimum atomic E-state index is -0.874. The summed E-state index contributed by atoms with van der Waals surface area (Å²) in [6.45, 7) is 10.3. The molecule has 160 valence electrons. The van der Waals surface area contributed by atoms with E-state index in [1.165, 1.54) is 12.0 Å². The van der Waals surface area contributed by atoms with E-state index in [2.05, 4.69) is 15.0 Å². The van der Waals surface area contributed by atoms with Crippen LogP contribution in [0.25, 0.3) is 0 Å². The predicted molar refractivity (Wildman–Crippen MR) is 109 cm³/mol. The fourth-order valence-corrected chi connectivity index (χ4v) is 2.01. The second kappa shape index (κ2) is 9.40. The van der Waals surface area contributed by atoms with Crippen LogP contribution in [0.1, 0.15) is 51.9 Å². The van der Waals surface area contributed by atoms with Crippen LogP contribution in [0, 0.1) is 0 Å². The number of nitrogens with zero attached hydrogens (tertiary/aromatic N) is 2. The van der Waals surface area contributed by atoms with Crippen molar-refractivity contribution in [3.63, 3.8) is 0 Å². The molecule has 0 unspecified atom stereocenters. The van der Waals surface area contributed by atoms with Crippen molar-refractivity contribution in [3.05, 3.63) is 29.8 Å². The molecule has 1 aromatic carbocycles. The first-order valence-corrected chi connectivity index (χ1v) is 8.95. The highest BCUT2D eigenvalue weighted by Gasteiger charge is 2.22. The molecule has 0 saturated carbocycles. The Bertz CT molecular complexity index is 773. The van der Waals surface area contributed by atoms with Crippen LogP contribution in [0.5, 0.6) is 0 Å². The lowest BCUT2D eigenvalue weighted by molar-refractivity contribution is 0.0558. The Hall–Kier alpha value is -3.10. The lowest BCUT2D eigenvalue weighted by Gasteiger charge is -2.25. The molecule has 2 amide bonds. The SMILES string of the molecule is COC(=O)c1ccc(N(C)/C(=N\C(=O)OC(C)(C)C)NC(=O)OC(C)(C)C)cc1. The molecule has 1 rings (SSSR count). The molecule has 29 heavy (non-hydrogen) atoms. The zero-order chi connectivity index (χ0) is 22.4. The number of nitrogens with one attached hydrogen (secondary N) is 1. The molecular formula is C20H29N3O6. The lowest BCUT2D eigenvalue weighted by Crippen LogP contribution is -2.45. The average molecular weight is 407 g/mol. The summed E-state index contributed by atoms with van der Waals surface area (Å²) in [5.41, 5.74) is -0.577. The molecule has 0 saturated heterocycles. The summed E-state index contributed by atoms with van der Waals surface area (Å²) in [6, 6.07) is 6.34. The van der Waals surface area contributed by atoms with E-state index in [-0.39, 0.29) is 5.96 Å². The number of benzene rings is 1. The van der Waals surface area contributed by atoms with Crippen molar-refractivity contribution in [1.29, 1.82) is 0 Å². The zero-order valence-corrected chi connectivity index (χ0v) is 18.2. The summed E-state index contributed by atoms with van der Waals surface area (Å²) >= 11 is 0. The van der Waals surface area contributed by atoms with Crippen LogP contribution in [0.2, 0.25) is 0 Å². The van der Waals surface area contributed by atoms with Gasteiger partial charge in [0.25, 0.3) is 0 Å². The van der Waals surface area contributed by atoms with E-state index < -0.39 is 29.4 Å². The first-order valence-electron chi connectivity index (χ1n) is 8.95. The van der Waals surface area contributed by atoms with E-state index >= 15 is 0 Å². The summed E-state index contributed by atoms with van der Waals surface area (Å²) in [4.78, 5) is 41.3. The van der Waals surface area contributed by atoms with Gasteiger partial charge in [-0.3, -0.25) is 5.32 Å². The maximum absolute atomic E-state index is 12.2. The number of hydrogen-bond donors (Lipinski definition) is 1. The Labute approximate surface area is 171 Å². The number of guanidine groups is 1. The molecule has 0 radical (unpaired) electrons. The van der Waals surface area contributed by atoms with Crippen LogP contribution in [-0.2, 0) is 14.2 Å². The Morgan fingerprint density at radius 2 is 1.45 bits per heavy atom. The quantitative estimate of drug-likeness (QED) is 0.344. The van der Waals surface area contributed by atoms with Gasteiger partial charge in [-0.25, -0.2) is 14.4 Å². The van der Waals surface area contributed by atoms with Gasteiger partial charge in [-0.1, -0.05) is 0 Å². The smallest absolute Gasteiger partial charge is 0.437 e. The predicted octanol–water partition coefficient (Wildman–Crippen LogP) is 3.73. The second-order valence-corrected chi connectivity index (χ2v) is 8.14. The number of carbonyl (C=O) groups is 3. The summed E-state index contributed by atoms with van der Waals surface area (Å²) < 4.78 is 15.1. The number of rotatable bonds is 2. The summed E-state index contributed by atoms with van der Waals surface area (Å²) in [7, 11) is 2.88. The molecule has 0 aliphatic rings. The largest absolute Gasteiger partial charge is 0.465 e. The van der Waals surface area contributed by atoms with Crippen molar-refractivity contribution in [2.24, 2.45) is 4.99 Å². The third kappa shape index (κ3) is 8.63. The molecule has 0 aromatic heterocycles. The minimum absolute atomic E-state index is 0.0979. The highest BCUT2D eigenvalue weighted by Crippen LogP contribution is 2.16. The summed E-state index contributed by atoms with van der Waals surface area (Å²) in [5, 5.41) is 2.46. The first kappa shape index (κ1) is 23.9. The highest BCUT2D eigenvalue weighted by molar-refractivity contribution is 6.07. The van der Waals surface area contributed by atoms with Gasteiger partial charge in [-0.2, -0.15) is 0 Å². The van der Waals surface area contributed by atoms with Crippen molar-refractivity contribution < 1.29 is 28.6 Å². The number of ether oxygens (including phenoxy) is 3. The van der Waals surface area contributed by atoms with Crippen LogP contribution in [0.15, 0.2) is 29.3 Å². The van der Waals surface area contributed by atoms with Crippen molar-refractivity contribution in [2.75, 3.05) is 19.1 Å². The molecule has 0 atom stereocenters. The average Bonchev–Trinajstić information content (AvgIpc) is 2.56. The van der Waals surface area contributed by atoms with Crippen molar-refractivity contribution in [2.45, 2.75) is 52.7 Å². The first-order chi connectivity index (χ1) is 13.2. The van der Waals surface area contributed by atoms with Crippen molar-refractivity contribution in [3.8, 4) is 0 Å². The van der Waals surface area contributed by atoms with E-state index in [0.717, 1.165) is 0 Å². The van der Waals surface area contributed by atoms with Gasteiger partial charge < -0.3 is 19.1 Å². The molecule has 0 aliphatic carbocycles. The number of esters is 1. The standard InChI is InChI=1S/C20H29N3O6/c1-19(2,3)28-17(25)21-16(22-18(26)29-20(4,5)6)23(7)14-11-9-13(10-12-14)15(24)27-8/h9-12H,1-8H3,(H,21,22,25,26). The molecule has 0 aliphatic heterocycles. The molecule has 0 fully saturated rings. The topological polar surface area (TPSA) is 107 Å². The van der Waals surface area contributed by atoms with Crippen LogP contribution in [-0.4, -0.2) is 49.5 Å². The summed E-state index contributed by atoms with van der Waals surface area (Å²) in [5.74, 6) is -0.576. The fraction of sp³-hybridized carbons (Fsp3) is 0.500. The number of anilines is 1. The van der Waals surface area contributed by atoms with Gasteiger partial charge >= 0.3 is 18.2 Å². The Morgan fingerprint density at radius 3 is 1.90 bits per heavy atom. The van der Waals surface area contributed by atoms with Gasteiger partial charge in [-0.15, -0.1) is 4.99 Å². The van der Waals surface area contributed by atoms with Crippen LogP contribution in [0.4, 0.5) is 15.3 Å². The van der Waals surface area contributed by atoms with E-state index in [4.69, 9.17) is 9.47 Å². The zero-order valence-electron chi connectivity index (χ0n) is 18.2. The van der Waals surface area contributed by atoms with Crippen molar-refractivity contribution in [1.82, 2.24) is 5.32 Å². The Kier molecular flexibility index (Phi) is 7.76. The minimum Gasteiger partial charge on any atom is -0.465 e. The van der Waals surface area contributed by atoms with Crippen LogP contribution in [0.3, 0.4) is 0 Å². The highest BCUT2D eigenvalue weighted by atomic mass is 16.6. The van der Waals surface area contributed by atoms with Crippen LogP contribution < -0.4 is 10.2 Å². The van der Waals surface area contributed by atoms with Crippen molar-refractivity contribution >= 4 is 29.8 Å². The molecule has 1 aromatic rings. The number of methoxy groups -OCH3 is 1. The Morgan fingerprint density at radius 1 is 0.931 bits per heavy atom. The van der Waals surface area contributed by atoms with Gasteiger partial charge in [0.1, 0.15) is 11.2 Å². The second-order valence-electron chi connectivity index (χ2n) is 8.14. The van der Waals surface area contributed by atoms with Gasteiger partial charge in [0.05, 0.1) is 12.7 Å². The maximum Gasteiger partial charge on any atom is 0.437 e. The van der Waals surface area contributed by atoms with Gasteiger partial charge in [-0.05, 0) is 65.8 Å². The maximum atomic E-state index is 12.2. The number of aliphatic imine (C=N–C) groups is 1. The molecule has 9 heteroatoms. The number of hydrogen-bond acceptors (Lipinski definition) is 6. The van der Waals surface area contributed by atoms with Crippen LogP contribution >= 0.6 is 0 Å². The number of alkyl carbamates (subject to hydrolysis) is 1.